The van der Waals surface area contributed by atoms with Crippen molar-refractivity contribution in [3.8, 4) is 0 Å². The molecule has 0 radical (unpaired) electrons. The second kappa shape index (κ2) is 5.48. The zero-order valence-electron chi connectivity index (χ0n) is 11.7. The molecule has 0 atom stereocenters. The van der Waals surface area contributed by atoms with Gasteiger partial charge in [0.1, 0.15) is 11.2 Å². The molecule has 0 aliphatic heterocycles. The summed E-state index contributed by atoms with van der Waals surface area (Å²) in [6.45, 7) is 0. The maximum absolute atomic E-state index is 11.9. The number of rotatable bonds is 4. The molecular weight excluding hydrogens is 258 g/mol. The number of carbonyl (C=O) groups is 2. The molecule has 2 N–H and O–H groups in total. The van der Waals surface area contributed by atoms with Gasteiger partial charge in [0.25, 0.3) is 5.91 Å². The van der Waals surface area contributed by atoms with Gasteiger partial charge in [0, 0.05) is 26.0 Å². The molecular formula is C14H19N3O3. The molecule has 1 aliphatic rings. The Morgan fingerprint density at radius 3 is 2.55 bits per heavy atom. The number of hydrogen-bond acceptors (Lipinski definition) is 4. The number of amides is 1. The zero-order chi connectivity index (χ0) is 14.8. The van der Waals surface area contributed by atoms with Crippen LogP contribution in [0.15, 0.2) is 18.3 Å². The van der Waals surface area contributed by atoms with Crippen molar-refractivity contribution in [2.45, 2.75) is 31.2 Å². The van der Waals surface area contributed by atoms with Gasteiger partial charge in [0.2, 0.25) is 0 Å². The van der Waals surface area contributed by atoms with E-state index in [9.17, 15) is 14.7 Å². The summed E-state index contributed by atoms with van der Waals surface area (Å²) >= 11 is 0. The van der Waals surface area contributed by atoms with Crippen LogP contribution in [0.3, 0.4) is 0 Å². The molecule has 1 aromatic rings. The summed E-state index contributed by atoms with van der Waals surface area (Å²) in [6, 6.07) is 3.29. The Hall–Kier alpha value is -2.11. The first-order chi connectivity index (χ1) is 9.44. The van der Waals surface area contributed by atoms with Crippen LogP contribution in [0.1, 0.15) is 36.2 Å². The summed E-state index contributed by atoms with van der Waals surface area (Å²) < 4.78 is 0. The van der Waals surface area contributed by atoms with Gasteiger partial charge < -0.3 is 15.3 Å². The van der Waals surface area contributed by atoms with E-state index in [-0.39, 0.29) is 5.91 Å². The van der Waals surface area contributed by atoms with E-state index in [1.165, 1.54) is 11.1 Å². The summed E-state index contributed by atoms with van der Waals surface area (Å²) in [7, 11) is 3.31. The van der Waals surface area contributed by atoms with E-state index in [1.807, 2.05) is 0 Å². The number of carboxylic acids is 1. The number of carbonyl (C=O) groups excluding carboxylic acids is 1. The van der Waals surface area contributed by atoms with Crippen LogP contribution in [0.2, 0.25) is 0 Å². The lowest BCUT2D eigenvalue weighted by Gasteiger charge is -2.26. The Balaban J connectivity index is 2.23. The van der Waals surface area contributed by atoms with Gasteiger partial charge in [-0.1, -0.05) is 12.8 Å². The average molecular weight is 277 g/mol. The van der Waals surface area contributed by atoms with Crippen molar-refractivity contribution in [2.24, 2.45) is 0 Å². The number of pyridine rings is 1. The summed E-state index contributed by atoms with van der Waals surface area (Å²) in [5.41, 5.74) is 0.00723. The van der Waals surface area contributed by atoms with E-state index < -0.39 is 11.5 Å². The van der Waals surface area contributed by atoms with E-state index in [0.717, 1.165) is 12.8 Å². The zero-order valence-corrected chi connectivity index (χ0v) is 11.7. The minimum Gasteiger partial charge on any atom is -0.480 e. The monoisotopic (exact) mass is 277 g/mol. The fourth-order valence-electron chi connectivity index (χ4n) is 2.50. The predicted molar refractivity (Wildman–Crippen MR) is 74.7 cm³/mol. The first-order valence-electron chi connectivity index (χ1n) is 6.64. The average Bonchev–Trinajstić information content (AvgIpc) is 2.88. The summed E-state index contributed by atoms with van der Waals surface area (Å²) in [5.74, 6) is -1.04. The number of nitrogens with zero attached hydrogens (tertiary/aromatic N) is 2. The molecule has 1 amide bonds. The van der Waals surface area contributed by atoms with Gasteiger partial charge >= 0.3 is 5.97 Å². The number of aliphatic carboxylic acids is 1. The molecule has 0 aromatic carbocycles. The minimum absolute atomic E-state index is 0.204. The first-order valence-corrected chi connectivity index (χ1v) is 6.64. The van der Waals surface area contributed by atoms with Crippen molar-refractivity contribution < 1.29 is 14.7 Å². The highest BCUT2D eigenvalue weighted by atomic mass is 16.4. The van der Waals surface area contributed by atoms with Crippen molar-refractivity contribution in [1.29, 1.82) is 0 Å². The third-order valence-electron chi connectivity index (χ3n) is 3.64. The maximum Gasteiger partial charge on any atom is 0.329 e. The molecule has 6 nitrogen and oxygen atoms in total. The lowest BCUT2D eigenvalue weighted by Crippen LogP contribution is -2.43. The standard InChI is InChI=1S/C14H19N3O3/c1-17(2)12(18)11-9-10(5-8-15-11)16-14(13(19)20)6-3-4-7-14/h5,8-9H,3-4,6-7H2,1-2H3,(H,15,16)(H,19,20). The van der Waals surface area contributed by atoms with Crippen LogP contribution in [0, 0.1) is 0 Å². The molecule has 108 valence electrons. The molecule has 0 bridgehead atoms. The smallest absolute Gasteiger partial charge is 0.329 e. The van der Waals surface area contributed by atoms with Crippen LogP contribution in [0.4, 0.5) is 5.69 Å². The normalized spacial score (nSPS) is 16.7. The summed E-state index contributed by atoms with van der Waals surface area (Å²) in [6.07, 6.45) is 4.51. The summed E-state index contributed by atoms with van der Waals surface area (Å²) in [5, 5.41) is 12.5. The Kier molecular flexibility index (Phi) is 3.92. The van der Waals surface area contributed by atoms with Crippen molar-refractivity contribution >= 4 is 17.6 Å². The fourth-order valence-corrected chi connectivity index (χ4v) is 2.50. The number of aromatic nitrogens is 1. The first kappa shape index (κ1) is 14.3. The van der Waals surface area contributed by atoms with E-state index in [0.29, 0.717) is 24.2 Å². The molecule has 0 saturated heterocycles. The van der Waals surface area contributed by atoms with Gasteiger partial charge in [-0.25, -0.2) is 4.79 Å². The van der Waals surface area contributed by atoms with Gasteiger partial charge in [-0.15, -0.1) is 0 Å². The van der Waals surface area contributed by atoms with Gasteiger partial charge in [-0.05, 0) is 25.0 Å². The van der Waals surface area contributed by atoms with E-state index in [1.54, 1.807) is 26.2 Å². The van der Waals surface area contributed by atoms with Crippen LogP contribution in [-0.2, 0) is 4.79 Å². The lowest BCUT2D eigenvalue weighted by atomic mass is 9.97. The van der Waals surface area contributed by atoms with E-state index in [4.69, 9.17) is 0 Å². The van der Waals surface area contributed by atoms with E-state index >= 15 is 0 Å². The highest BCUT2D eigenvalue weighted by Crippen LogP contribution is 2.33. The Morgan fingerprint density at radius 2 is 2.00 bits per heavy atom. The Labute approximate surface area is 117 Å². The lowest BCUT2D eigenvalue weighted by molar-refractivity contribution is -0.142. The number of nitrogens with one attached hydrogen (secondary N) is 1. The van der Waals surface area contributed by atoms with Gasteiger partial charge in [-0.3, -0.25) is 9.78 Å². The molecule has 0 unspecified atom stereocenters. The van der Waals surface area contributed by atoms with Gasteiger partial charge in [0.05, 0.1) is 0 Å². The molecule has 1 heterocycles. The topological polar surface area (TPSA) is 82.5 Å². The Morgan fingerprint density at radius 1 is 1.35 bits per heavy atom. The molecule has 6 heteroatoms. The van der Waals surface area contributed by atoms with Crippen molar-refractivity contribution in [3.05, 3.63) is 24.0 Å². The predicted octanol–water partition coefficient (Wildman–Crippen LogP) is 1.59. The van der Waals surface area contributed by atoms with Crippen LogP contribution in [0.5, 0.6) is 0 Å². The molecule has 1 aliphatic carbocycles. The quantitative estimate of drug-likeness (QED) is 0.873. The molecule has 2 rings (SSSR count). The third kappa shape index (κ3) is 2.74. The number of hydrogen-bond donors (Lipinski definition) is 2. The summed E-state index contributed by atoms with van der Waals surface area (Å²) in [4.78, 5) is 28.8. The molecule has 1 fully saturated rings. The van der Waals surface area contributed by atoms with Crippen molar-refractivity contribution in [2.75, 3.05) is 19.4 Å². The second-order valence-electron chi connectivity index (χ2n) is 5.35. The second-order valence-corrected chi connectivity index (χ2v) is 5.35. The largest absolute Gasteiger partial charge is 0.480 e. The number of carboxylic acid groups (broad SMARTS) is 1. The van der Waals surface area contributed by atoms with Gasteiger partial charge in [-0.2, -0.15) is 0 Å². The van der Waals surface area contributed by atoms with Crippen LogP contribution < -0.4 is 5.32 Å². The van der Waals surface area contributed by atoms with E-state index in [2.05, 4.69) is 10.3 Å². The van der Waals surface area contributed by atoms with Crippen LogP contribution in [0.25, 0.3) is 0 Å². The maximum atomic E-state index is 11.9. The molecule has 1 saturated carbocycles. The molecule has 20 heavy (non-hydrogen) atoms. The molecule has 0 spiro atoms. The fraction of sp³-hybridized carbons (Fsp3) is 0.500. The Bertz CT molecular complexity index is 522. The molecule has 1 aromatic heterocycles. The number of anilines is 1. The highest BCUT2D eigenvalue weighted by molar-refractivity contribution is 5.93. The van der Waals surface area contributed by atoms with Crippen molar-refractivity contribution in [3.63, 3.8) is 0 Å². The van der Waals surface area contributed by atoms with Crippen LogP contribution in [-0.4, -0.2) is 46.5 Å². The SMILES string of the molecule is CN(C)C(=O)c1cc(NC2(C(=O)O)CCCC2)ccn1. The minimum atomic E-state index is -0.917. The van der Waals surface area contributed by atoms with Crippen LogP contribution >= 0.6 is 0 Å². The van der Waals surface area contributed by atoms with Gasteiger partial charge in [0.15, 0.2) is 0 Å². The highest BCUT2D eigenvalue weighted by Gasteiger charge is 2.41. The van der Waals surface area contributed by atoms with Crippen molar-refractivity contribution in [1.82, 2.24) is 9.88 Å². The third-order valence-corrected chi connectivity index (χ3v) is 3.64.